The maximum atomic E-state index is 10.2. The summed E-state index contributed by atoms with van der Waals surface area (Å²) in [4.78, 5) is 0. The van der Waals surface area contributed by atoms with Gasteiger partial charge in [-0.2, -0.15) is 0 Å². The molecule has 1 aliphatic rings. The minimum absolute atomic E-state index is 0. The van der Waals surface area contributed by atoms with Crippen LogP contribution in [0.25, 0.3) is 38.6 Å². The normalized spacial score (nSPS) is 12.7. The number of nitrogens with zero attached hydrogens (tertiary/aromatic N) is 1. The van der Waals surface area contributed by atoms with E-state index in [9.17, 15) is 5.21 Å². The molecule has 0 aromatic heterocycles. The SMILES string of the molecule is CN.CNc1ccc(-c2ccc(/C(=C/Cc3cc4c(c5ccccc35)-c3ccccc3C4(C)C)c3ccccc3)cc2)cc1N(C)O.[Y]. The molecule has 1 radical (unpaired) electrons. The van der Waals surface area contributed by atoms with E-state index < -0.39 is 0 Å². The van der Waals surface area contributed by atoms with Crippen LogP contribution in [0.2, 0.25) is 0 Å². The van der Waals surface area contributed by atoms with Crippen molar-refractivity contribution in [2.45, 2.75) is 25.7 Å². The predicted octanol–water partition coefficient (Wildman–Crippen LogP) is 9.93. The molecule has 0 spiro atoms. The molecule has 0 atom stereocenters. The van der Waals surface area contributed by atoms with E-state index in [2.05, 4.69) is 146 Å². The topological polar surface area (TPSA) is 61.5 Å². The van der Waals surface area contributed by atoms with Gasteiger partial charge in [-0.3, -0.25) is 10.3 Å². The number of fused-ring (bicyclic) bond motifs is 5. The second-order valence-corrected chi connectivity index (χ2v) is 12.4. The third kappa shape index (κ3) is 6.51. The zero-order valence-corrected chi connectivity index (χ0v) is 31.3. The number of anilines is 2. The van der Waals surface area contributed by atoms with Gasteiger partial charge in [-0.25, -0.2) is 0 Å². The van der Waals surface area contributed by atoms with E-state index in [0.717, 1.165) is 34.0 Å². The van der Waals surface area contributed by atoms with Gasteiger partial charge in [0.25, 0.3) is 0 Å². The van der Waals surface area contributed by atoms with Gasteiger partial charge < -0.3 is 11.1 Å². The average Bonchev–Trinajstić information content (AvgIpc) is 3.35. The van der Waals surface area contributed by atoms with E-state index in [1.807, 2.05) is 19.2 Å². The Morgan fingerprint density at radius 3 is 2.02 bits per heavy atom. The molecule has 48 heavy (non-hydrogen) atoms. The number of benzene rings is 6. The fraction of sp³-hybridized carbons (Fsp3) is 0.163. The zero-order chi connectivity index (χ0) is 33.1. The van der Waals surface area contributed by atoms with Crippen molar-refractivity contribution in [1.82, 2.24) is 0 Å². The third-order valence-corrected chi connectivity index (χ3v) is 9.43. The molecule has 0 heterocycles. The standard InChI is InChI=1S/C42H38N2O.CH5N.Y/c1-42(2)37-17-11-10-16-36(37)41-35-15-9-8-14-34(35)32(26-38(41)42)22-24-33(29-12-6-5-7-13-29)30-20-18-28(19-21-30)31-23-25-39(43-3)40(27-31)44(4)45;1-2;/h5-21,23-27,43,45H,22H2,1-4H3;2H2,1H3;/b33-24+;;. The van der Waals surface area contributed by atoms with Gasteiger partial charge in [0.15, 0.2) is 0 Å². The third-order valence-electron chi connectivity index (χ3n) is 9.43. The van der Waals surface area contributed by atoms with Crippen LogP contribution >= 0.6 is 0 Å². The molecule has 239 valence electrons. The van der Waals surface area contributed by atoms with Gasteiger partial charge in [-0.05, 0) is 92.0 Å². The number of rotatable bonds is 7. The van der Waals surface area contributed by atoms with E-state index >= 15 is 0 Å². The van der Waals surface area contributed by atoms with Gasteiger partial charge in [-0.15, -0.1) is 0 Å². The first-order chi connectivity index (χ1) is 22.9. The first-order valence-electron chi connectivity index (χ1n) is 16.2. The second kappa shape index (κ2) is 15.0. The van der Waals surface area contributed by atoms with Crippen molar-refractivity contribution in [3.63, 3.8) is 0 Å². The first kappa shape index (κ1) is 35.3. The molecule has 4 N–H and O–H groups in total. The Bertz CT molecular complexity index is 2070. The molecule has 0 amide bonds. The summed E-state index contributed by atoms with van der Waals surface area (Å²) < 4.78 is 0. The van der Waals surface area contributed by atoms with Gasteiger partial charge >= 0.3 is 0 Å². The van der Waals surface area contributed by atoms with Crippen molar-refractivity contribution in [3.8, 4) is 22.3 Å². The molecule has 0 saturated carbocycles. The van der Waals surface area contributed by atoms with E-state index in [0.29, 0.717) is 0 Å². The van der Waals surface area contributed by atoms with Crippen molar-refractivity contribution >= 4 is 27.7 Å². The van der Waals surface area contributed by atoms with E-state index in [-0.39, 0.29) is 38.1 Å². The largest absolute Gasteiger partial charge is 0.386 e. The summed E-state index contributed by atoms with van der Waals surface area (Å²) >= 11 is 0. The van der Waals surface area contributed by atoms with E-state index in [1.165, 1.54) is 62.3 Å². The van der Waals surface area contributed by atoms with Crippen molar-refractivity contribution in [2.24, 2.45) is 5.73 Å². The number of nitrogens with two attached hydrogens (primary N) is 1. The van der Waals surface area contributed by atoms with Gasteiger partial charge in [0.2, 0.25) is 0 Å². The molecular formula is C43H43N3OY. The Balaban J connectivity index is 0.00000148. The van der Waals surface area contributed by atoms with Crippen LogP contribution in [0.3, 0.4) is 0 Å². The molecule has 5 heteroatoms. The molecular weight excluding hydrogens is 663 g/mol. The van der Waals surface area contributed by atoms with Gasteiger partial charge in [-0.1, -0.05) is 135 Å². The quantitative estimate of drug-likeness (QED) is 0.145. The van der Waals surface area contributed by atoms with Crippen LogP contribution in [0.15, 0.2) is 133 Å². The molecule has 0 unspecified atom stereocenters. The van der Waals surface area contributed by atoms with Crippen LogP contribution in [0, 0.1) is 0 Å². The number of nitrogens with one attached hydrogen (secondary N) is 1. The van der Waals surface area contributed by atoms with E-state index in [1.54, 1.807) is 7.05 Å². The summed E-state index contributed by atoms with van der Waals surface area (Å²) in [6.07, 6.45) is 3.22. The molecule has 6 aromatic carbocycles. The number of allylic oxidation sites excluding steroid dienone is 1. The fourth-order valence-corrected chi connectivity index (χ4v) is 7.06. The van der Waals surface area contributed by atoms with E-state index in [4.69, 9.17) is 0 Å². The van der Waals surface area contributed by atoms with Crippen molar-refractivity contribution in [1.29, 1.82) is 0 Å². The minimum Gasteiger partial charge on any atom is -0.386 e. The minimum atomic E-state index is -0.0530. The van der Waals surface area contributed by atoms with Crippen LogP contribution in [0.1, 0.15) is 41.7 Å². The fourth-order valence-electron chi connectivity index (χ4n) is 7.06. The summed E-state index contributed by atoms with van der Waals surface area (Å²) in [7, 11) is 5.00. The molecule has 6 aromatic rings. The number of hydrogen-bond acceptors (Lipinski definition) is 4. The summed E-state index contributed by atoms with van der Waals surface area (Å²) in [5, 5.41) is 17.1. The molecule has 0 bridgehead atoms. The maximum absolute atomic E-state index is 10.2. The summed E-state index contributed by atoms with van der Waals surface area (Å²) in [6.45, 7) is 4.72. The Morgan fingerprint density at radius 2 is 1.33 bits per heavy atom. The predicted molar refractivity (Wildman–Crippen MR) is 200 cm³/mol. The molecule has 1 aliphatic carbocycles. The molecule has 0 aliphatic heterocycles. The molecule has 4 nitrogen and oxygen atoms in total. The Kier molecular flexibility index (Phi) is 11.0. The summed E-state index contributed by atoms with van der Waals surface area (Å²) in [5.74, 6) is 0. The van der Waals surface area contributed by atoms with Crippen molar-refractivity contribution in [3.05, 3.63) is 161 Å². The van der Waals surface area contributed by atoms with Crippen molar-refractivity contribution in [2.75, 3.05) is 31.5 Å². The Morgan fingerprint density at radius 1 is 0.729 bits per heavy atom. The van der Waals surface area contributed by atoms with Gasteiger partial charge in [0.05, 0.1) is 11.4 Å². The smallest absolute Gasteiger partial charge is 0.0868 e. The molecule has 7 rings (SSSR count). The summed E-state index contributed by atoms with van der Waals surface area (Å²) in [6, 6.07) is 45.8. The second-order valence-electron chi connectivity index (χ2n) is 12.4. The number of hydrogen-bond donors (Lipinski definition) is 3. The summed E-state index contributed by atoms with van der Waals surface area (Å²) in [5.41, 5.74) is 18.7. The Labute approximate surface area is 310 Å². The van der Waals surface area contributed by atoms with Crippen LogP contribution < -0.4 is 16.1 Å². The van der Waals surface area contributed by atoms with Gasteiger partial charge in [0.1, 0.15) is 0 Å². The maximum Gasteiger partial charge on any atom is 0.0868 e. The van der Waals surface area contributed by atoms with Crippen LogP contribution in [0.5, 0.6) is 0 Å². The number of hydroxylamine groups is 1. The molecule has 0 saturated heterocycles. The van der Waals surface area contributed by atoms with Crippen LogP contribution in [-0.2, 0) is 44.5 Å². The van der Waals surface area contributed by atoms with Crippen LogP contribution in [-0.4, -0.2) is 26.4 Å². The molecule has 0 fully saturated rings. The van der Waals surface area contributed by atoms with Crippen molar-refractivity contribution < 1.29 is 37.9 Å². The monoisotopic (exact) mass is 706 g/mol. The van der Waals surface area contributed by atoms with Crippen LogP contribution in [0.4, 0.5) is 11.4 Å². The first-order valence-corrected chi connectivity index (χ1v) is 16.2. The van der Waals surface area contributed by atoms with Gasteiger partial charge in [0, 0.05) is 52.2 Å². The Hall–Kier alpha value is -4.06. The average molecular weight is 707 g/mol. The zero-order valence-electron chi connectivity index (χ0n) is 28.5.